The number of ketones is 1. The minimum atomic E-state index is -1.37. The Kier molecular flexibility index (Phi) is 4.99. The summed E-state index contributed by atoms with van der Waals surface area (Å²) < 4.78 is 6.04. The second kappa shape index (κ2) is 7.66. The van der Waals surface area contributed by atoms with E-state index in [-0.39, 0.29) is 23.7 Å². The third kappa shape index (κ3) is 2.97. The Morgan fingerprint density at radius 2 is 1.77 bits per heavy atom. The van der Waals surface area contributed by atoms with Crippen LogP contribution in [0.3, 0.4) is 0 Å². The number of allylic oxidation sites excluding steroid dienone is 1. The van der Waals surface area contributed by atoms with Crippen molar-refractivity contribution < 1.29 is 24.3 Å². The number of esters is 1. The van der Waals surface area contributed by atoms with Gasteiger partial charge < -0.3 is 9.84 Å². The van der Waals surface area contributed by atoms with E-state index in [0.29, 0.717) is 24.3 Å². The summed E-state index contributed by atoms with van der Waals surface area (Å²) in [5.74, 6) is -1.23. The first-order chi connectivity index (χ1) is 16.7. The van der Waals surface area contributed by atoms with E-state index < -0.39 is 28.7 Å². The number of fused-ring (bicyclic) bond motifs is 4. The topological polar surface area (TPSA) is 76.1 Å². The molecule has 2 aromatic carbocycles. The standard InChI is InChI=1S/C28H28ClNO5/c1-17-8-13-21-24(26(2)23(31)14-15-28(17,26)33)34-25(32)27(21)16-22(18-9-11-19(29)12-10-18)30(35-27)20-6-4-3-5-7-20/h3-7,9-12,14-15,17,21-22,24,33H,8,13,16H2,1-2H3/t17-,21+,22-,24+,26-,27?,28+/m0/s1. The monoisotopic (exact) mass is 493 g/mol. The number of carbonyl (C=O) groups is 2. The molecule has 35 heavy (non-hydrogen) atoms. The van der Waals surface area contributed by atoms with Gasteiger partial charge in [0.15, 0.2) is 5.78 Å². The second-order valence-electron chi connectivity index (χ2n) is 10.5. The van der Waals surface area contributed by atoms with Crippen LogP contribution in [0.4, 0.5) is 5.69 Å². The molecule has 2 aliphatic heterocycles. The van der Waals surface area contributed by atoms with Crippen LogP contribution in [0.5, 0.6) is 0 Å². The van der Waals surface area contributed by atoms with Crippen LogP contribution in [0, 0.1) is 17.3 Å². The van der Waals surface area contributed by atoms with Crippen LogP contribution < -0.4 is 5.06 Å². The number of hydrogen-bond acceptors (Lipinski definition) is 6. The SMILES string of the molecule is C[C@H]1CC[C@@H]2[C@@H](OC(=O)C23C[C@@H](c2ccc(Cl)cc2)N(c2ccccc2)O3)[C@]2(C)C(=O)C=C[C@@]12O. The number of aliphatic hydroxyl groups is 1. The minimum Gasteiger partial charge on any atom is -0.459 e. The van der Waals surface area contributed by atoms with Crippen molar-refractivity contribution in [3.63, 3.8) is 0 Å². The molecule has 2 aromatic rings. The van der Waals surface area contributed by atoms with Crippen LogP contribution in [-0.2, 0) is 19.2 Å². The zero-order chi connectivity index (χ0) is 24.6. The maximum atomic E-state index is 13.7. The van der Waals surface area contributed by atoms with Crippen LogP contribution in [0.15, 0.2) is 66.7 Å². The lowest BCUT2D eigenvalue weighted by molar-refractivity contribution is -0.169. The first-order valence-corrected chi connectivity index (χ1v) is 12.5. The predicted octanol–water partition coefficient (Wildman–Crippen LogP) is 4.81. The average molecular weight is 494 g/mol. The molecule has 182 valence electrons. The molecule has 7 atom stereocenters. The Bertz CT molecular complexity index is 1220. The molecule has 3 fully saturated rings. The zero-order valence-corrected chi connectivity index (χ0v) is 20.4. The maximum absolute atomic E-state index is 13.7. The van der Waals surface area contributed by atoms with Gasteiger partial charge in [-0.2, -0.15) is 0 Å². The highest BCUT2D eigenvalue weighted by molar-refractivity contribution is 6.30. The van der Waals surface area contributed by atoms with Gasteiger partial charge in [0.05, 0.1) is 17.1 Å². The number of para-hydroxylation sites is 1. The molecule has 1 spiro atoms. The maximum Gasteiger partial charge on any atom is 0.342 e. The fourth-order valence-corrected chi connectivity index (χ4v) is 6.90. The van der Waals surface area contributed by atoms with E-state index in [1.54, 1.807) is 18.1 Å². The number of anilines is 1. The van der Waals surface area contributed by atoms with Crippen molar-refractivity contribution in [2.75, 3.05) is 5.06 Å². The summed E-state index contributed by atoms with van der Waals surface area (Å²) in [6.07, 6.45) is 3.88. The third-order valence-corrected chi connectivity index (χ3v) is 9.17. The Morgan fingerprint density at radius 1 is 1.06 bits per heavy atom. The van der Waals surface area contributed by atoms with Gasteiger partial charge in [-0.3, -0.25) is 9.63 Å². The van der Waals surface area contributed by atoms with E-state index >= 15 is 0 Å². The minimum absolute atomic E-state index is 0.171. The molecule has 4 aliphatic rings. The number of rotatable bonds is 2. The van der Waals surface area contributed by atoms with Gasteiger partial charge in [0.1, 0.15) is 11.7 Å². The average Bonchev–Trinajstić information content (AvgIpc) is 3.45. The Balaban J connectivity index is 1.46. The number of halogens is 1. The first kappa shape index (κ1) is 22.8. The normalized spacial score (nSPS) is 40.1. The van der Waals surface area contributed by atoms with Crippen molar-refractivity contribution in [3.05, 3.63) is 77.3 Å². The smallest absolute Gasteiger partial charge is 0.342 e. The van der Waals surface area contributed by atoms with Crippen molar-refractivity contribution in [2.24, 2.45) is 17.3 Å². The molecule has 1 N–H and O–H groups in total. The highest BCUT2D eigenvalue weighted by Gasteiger charge is 2.74. The molecule has 0 radical (unpaired) electrons. The molecule has 7 heteroatoms. The second-order valence-corrected chi connectivity index (χ2v) is 11.0. The molecule has 6 nitrogen and oxygen atoms in total. The van der Waals surface area contributed by atoms with Gasteiger partial charge in [0.2, 0.25) is 5.60 Å². The molecular formula is C28H28ClNO5. The number of hydrogen-bond donors (Lipinski definition) is 1. The van der Waals surface area contributed by atoms with Gasteiger partial charge >= 0.3 is 5.97 Å². The summed E-state index contributed by atoms with van der Waals surface area (Å²) in [7, 11) is 0. The largest absolute Gasteiger partial charge is 0.459 e. The van der Waals surface area contributed by atoms with Crippen LogP contribution in [0.2, 0.25) is 5.02 Å². The highest BCUT2D eigenvalue weighted by Crippen LogP contribution is 2.61. The predicted molar refractivity (Wildman–Crippen MR) is 131 cm³/mol. The zero-order valence-electron chi connectivity index (χ0n) is 19.7. The molecule has 0 bridgehead atoms. The van der Waals surface area contributed by atoms with Gasteiger partial charge in [-0.15, -0.1) is 0 Å². The third-order valence-electron chi connectivity index (χ3n) is 8.91. The summed E-state index contributed by atoms with van der Waals surface area (Å²) in [4.78, 5) is 33.5. The number of nitrogens with zero attached hydrogens (tertiary/aromatic N) is 1. The van der Waals surface area contributed by atoms with E-state index in [2.05, 4.69) is 0 Å². The summed E-state index contributed by atoms with van der Waals surface area (Å²) in [6, 6.07) is 17.0. The fourth-order valence-electron chi connectivity index (χ4n) is 6.77. The first-order valence-electron chi connectivity index (χ1n) is 12.2. The van der Waals surface area contributed by atoms with Crippen molar-refractivity contribution >= 4 is 29.0 Å². The molecular weight excluding hydrogens is 466 g/mol. The van der Waals surface area contributed by atoms with Gasteiger partial charge in [-0.1, -0.05) is 48.9 Å². The van der Waals surface area contributed by atoms with E-state index in [4.69, 9.17) is 21.2 Å². The molecule has 0 amide bonds. The van der Waals surface area contributed by atoms with E-state index in [9.17, 15) is 14.7 Å². The molecule has 2 heterocycles. The van der Waals surface area contributed by atoms with Gasteiger partial charge in [0.25, 0.3) is 0 Å². The summed E-state index contributed by atoms with van der Waals surface area (Å²) in [5, 5.41) is 14.1. The van der Waals surface area contributed by atoms with Crippen LogP contribution in [0.25, 0.3) is 0 Å². The van der Waals surface area contributed by atoms with Crippen molar-refractivity contribution in [1.82, 2.24) is 0 Å². The van der Waals surface area contributed by atoms with Crippen LogP contribution in [0.1, 0.15) is 44.7 Å². The van der Waals surface area contributed by atoms with Gasteiger partial charge in [0, 0.05) is 17.4 Å². The number of carbonyl (C=O) groups excluding carboxylic acids is 2. The fraction of sp³-hybridized carbons (Fsp3) is 0.429. The van der Waals surface area contributed by atoms with Crippen LogP contribution in [-0.4, -0.2) is 34.2 Å². The molecule has 2 saturated heterocycles. The number of benzene rings is 2. The highest BCUT2D eigenvalue weighted by atomic mass is 35.5. The van der Waals surface area contributed by atoms with Crippen molar-refractivity contribution in [2.45, 2.75) is 56.5 Å². The van der Waals surface area contributed by atoms with Crippen LogP contribution >= 0.6 is 11.6 Å². The van der Waals surface area contributed by atoms with Crippen molar-refractivity contribution in [3.8, 4) is 0 Å². The lowest BCUT2D eigenvalue weighted by Crippen LogP contribution is -2.57. The molecule has 6 rings (SSSR count). The lowest BCUT2D eigenvalue weighted by atomic mass is 9.63. The lowest BCUT2D eigenvalue weighted by Gasteiger charge is -2.43. The van der Waals surface area contributed by atoms with Gasteiger partial charge in [-0.25, -0.2) is 9.86 Å². The summed E-state index contributed by atoms with van der Waals surface area (Å²) in [6.45, 7) is 3.70. The quantitative estimate of drug-likeness (QED) is 0.605. The molecule has 1 unspecified atom stereocenters. The molecule has 1 saturated carbocycles. The molecule has 2 aliphatic carbocycles. The Hall–Kier alpha value is -2.67. The van der Waals surface area contributed by atoms with E-state index in [1.165, 1.54) is 6.08 Å². The Morgan fingerprint density at radius 3 is 2.49 bits per heavy atom. The number of ether oxygens (including phenoxy) is 1. The van der Waals surface area contributed by atoms with Gasteiger partial charge in [-0.05, 0) is 67.7 Å². The summed E-state index contributed by atoms with van der Waals surface area (Å²) >= 11 is 6.15. The molecule has 0 aromatic heterocycles. The number of hydroxylamine groups is 1. The van der Waals surface area contributed by atoms with Crippen molar-refractivity contribution in [1.29, 1.82) is 0 Å². The summed E-state index contributed by atoms with van der Waals surface area (Å²) in [5.41, 5.74) is -2.10. The Labute approximate surface area is 209 Å². The van der Waals surface area contributed by atoms with E-state index in [1.807, 2.05) is 61.5 Å². The van der Waals surface area contributed by atoms with E-state index in [0.717, 1.165) is 11.3 Å².